The summed E-state index contributed by atoms with van der Waals surface area (Å²) in [6.07, 6.45) is 8.36. The van der Waals surface area contributed by atoms with Crippen LogP contribution in [0.1, 0.15) is 58.3 Å². The van der Waals surface area contributed by atoms with Crippen molar-refractivity contribution in [3.63, 3.8) is 0 Å². The minimum atomic E-state index is -2.97. The first kappa shape index (κ1) is 26.4. The van der Waals surface area contributed by atoms with E-state index in [4.69, 9.17) is 4.74 Å². The van der Waals surface area contributed by atoms with Crippen molar-refractivity contribution in [2.75, 3.05) is 37.7 Å². The molecule has 1 aliphatic carbocycles. The molecule has 10 heteroatoms. The average Bonchev–Trinajstić information content (AvgIpc) is 3.00. The summed E-state index contributed by atoms with van der Waals surface area (Å²) in [6, 6.07) is -0.247. The van der Waals surface area contributed by atoms with Crippen molar-refractivity contribution in [3.8, 4) is 0 Å². The Hall–Kier alpha value is -0.620. The van der Waals surface area contributed by atoms with Crippen molar-refractivity contribution in [1.82, 2.24) is 16.0 Å². The van der Waals surface area contributed by atoms with Crippen LogP contribution in [0.15, 0.2) is 4.99 Å². The van der Waals surface area contributed by atoms with Gasteiger partial charge in [-0.3, -0.25) is 9.79 Å². The molecule has 1 unspecified atom stereocenters. The van der Waals surface area contributed by atoms with Crippen molar-refractivity contribution in [3.05, 3.63) is 0 Å². The summed E-state index contributed by atoms with van der Waals surface area (Å²) in [4.78, 5) is 16.5. The second-order valence-electron chi connectivity index (χ2n) is 7.59. The van der Waals surface area contributed by atoms with Gasteiger partial charge in [-0.25, -0.2) is 8.42 Å². The molecule has 170 valence electrons. The average molecular weight is 545 g/mol. The molecular formula is C19H37IN4O4S. The number of nitrogens with one attached hydrogen (secondary N) is 3. The van der Waals surface area contributed by atoms with Crippen LogP contribution in [0, 0.1) is 0 Å². The van der Waals surface area contributed by atoms with Crippen LogP contribution in [0.3, 0.4) is 0 Å². The van der Waals surface area contributed by atoms with Crippen LogP contribution in [0.4, 0.5) is 0 Å². The molecule has 1 saturated carbocycles. The predicted molar refractivity (Wildman–Crippen MR) is 127 cm³/mol. The number of ether oxygens (including phenoxy) is 1. The summed E-state index contributed by atoms with van der Waals surface area (Å²) in [5.74, 6) is 0.777. The van der Waals surface area contributed by atoms with Gasteiger partial charge in [0.1, 0.15) is 0 Å². The van der Waals surface area contributed by atoms with Gasteiger partial charge < -0.3 is 20.7 Å². The highest BCUT2D eigenvalue weighted by atomic mass is 127. The second-order valence-corrected chi connectivity index (χ2v) is 9.82. The molecule has 0 spiro atoms. The molecule has 1 heterocycles. The lowest BCUT2D eigenvalue weighted by molar-refractivity contribution is -0.121. The van der Waals surface area contributed by atoms with E-state index in [2.05, 4.69) is 20.9 Å². The Morgan fingerprint density at radius 1 is 1.14 bits per heavy atom. The highest BCUT2D eigenvalue weighted by molar-refractivity contribution is 14.0. The molecule has 0 aromatic heterocycles. The first-order valence-corrected chi connectivity index (χ1v) is 12.4. The Balaban J connectivity index is 0.00000420. The largest absolute Gasteiger partial charge is 0.378 e. The zero-order chi connectivity index (χ0) is 20.2. The third kappa shape index (κ3) is 11.4. The SMILES string of the molecule is CCNC(=NCCCOC1CCCCC1)NCCC(=O)NC1CCS(=O)(=O)C1.I. The molecule has 0 bridgehead atoms. The zero-order valence-electron chi connectivity index (χ0n) is 17.5. The number of rotatable bonds is 10. The quantitative estimate of drug-likeness (QED) is 0.167. The Morgan fingerprint density at radius 3 is 2.55 bits per heavy atom. The maximum atomic E-state index is 12.0. The molecule has 0 radical (unpaired) electrons. The van der Waals surface area contributed by atoms with Gasteiger partial charge in [-0.05, 0) is 32.6 Å². The van der Waals surface area contributed by atoms with Gasteiger partial charge in [0.25, 0.3) is 0 Å². The molecule has 2 aliphatic rings. The predicted octanol–water partition coefficient (Wildman–Crippen LogP) is 1.59. The van der Waals surface area contributed by atoms with E-state index in [-0.39, 0.29) is 53.9 Å². The molecule has 8 nitrogen and oxygen atoms in total. The number of hydrogen-bond acceptors (Lipinski definition) is 5. The van der Waals surface area contributed by atoms with Crippen LogP contribution < -0.4 is 16.0 Å². The number of amides is 1. The summed E-state index contributed by atoms with van der Waals surface area (Å²) < 4.78 is 28.8. The van der Waals surface area contributed by atoms with Crippen LogP contribution in [-0.4, -0.2) is 70.2 Å². The third-order valence-corrected chi connectivity index (χ3v) is 6.83. The molecule has 2 rings (SSSR count). The first-order chi connectivity index (χ1) is 13.5. The normalized spacial score (nSPS) is 22.0. The lowest BCUT2D eigenvalue weighted by Gasteiger charge is -2.21. The topological polar surface area (TPSA) is 109 Å². The number of halogens is 1. The maximum Gasteiger partial charge on any atom is 0.222 e. The van der Waals surface area contributed by atoms with Gasteiger partial charge in [0.15, 0.2) is 15.8 Å². The Morgan fingerprint density at radius 2 is 1.90 bits per heavy atom. The van der Waals surface area contributed by atoms with E-state index in [9.17, 15) is 13.2 Å². The van der Waals surface area contributed by atoms with Gasteiger partial charge in [0, 0.05) is 38.7 Å². The highest BCUT2D eigenvalue weighted by Crippen LogP contribution is 2.20. The number of guanidine groups is 1. The van der Waals surface area contributed by atoms with E-state index in [1.165, 1.54) is 32.1 Å². The molecule has 0 aromatic carbocycles. The monoisotopic (exact) mass is 544 g/mol. The lowest BCUT2D eigenvalue weighted by Crippen LogP contribution is -2.41. The first-order valence-electron chi connectivity index (χ1n) is 10.6. The van der Waals surface area contributed by atoms with Gasteiger partial charge in [0.2, 0.25) is 5.91 Å². The van der Waals surface area contributed by atoms with Crippen molar-refractivity contribution in [2.45, 2.75) is 70.4 Å². The summed E-state index contributed by atoms with van der Waals surface area (Å²) in [5, 5.41) is 9.12. The summed E-state index contributed by atoms with van der Waals surface area (Å²) in [6.45, 7) is 4.61. The van der Waals surface area contributed by atoms with Crippen molar-refractivity contribution < 1.29 is 17.9 Å². The summed E-state index contributed by atoms with van der Waals surface area (Å²) >= 11 is 0. The summed E-state index contributed by atoms with van der Waals surface area (Å²) in [5.41, 5.74) is 0. The molecule has 1 atom stereocenters. The Labute approximate surface area is 192 Å². The van der Waals surface area contributed by atoms with Crippen LogP contribution in [0.25, 0.3) is 0 Å². The fourth-order valence-electron chi connectivity index (χ4n) is 3.58. The highest BCUT2D eigenvalue weighted by Gasteiger charge is 2.28. The standard InChI is InChI=1S/C19H36N4O4S.HI/c1-2-20-19(21-11-6-13-27-17-7-4-3-5-8-17)22-12-9-18(24)23-16-10-14-28(25,26)15-16;/h16-17H,2-15H2,1H3,(H,23,24)(H2,20,21,22);1H. The number of aliphatic imine (C=N–C) groups is 1. The minimum Gasteiger partial charge on any atom is -0.378 e. The Bertz CT molecular complexity index is 609. The molecule has 1 aliphatic heterocycles. The molecule has 0 aromatic rings. The van der Waals surface area contributed by atoms with Crippen LogP contribution in [0.2, 0.25) is 0 Å². The van der Waals surface area contributed by atoms with E-state index in [1.807, 2.05) is 6.92 Å². The van der Waals surface area contributed by atoms with E-state index in [1.54, 1.807) is 0 Å². The summed E-state index contributed by atoms with van der Waals surface area (Å²) in [7, 11) is -2.97. The number of carbonyl (C=O) groups is 1. The van der Waals surface area contributed by atoms with Gasteiger partial charge in [-0.1, -0.05) is 19.3 Å². The van der Waals surface area contributed by atoms with E-state index in [0.717, 1.165) is 19.6 Å². The van der Waals surface area contributed by atoms with Crippen molar-refractivity contribution >= 4 is 45.7 Å². The van der Waals surface area contributed by atoms with E-state index in [0.29, 0.717) is 31.6 Å². The van der Waals surface area contributed by atoms with Crippen molar-refractivity contribution in [1.29, 1.82) is 0 Å². The van der Waals surface area contributed by atoms with Gasteiger partial charge >= 0.3 is 0 Å². The van der Waals surface area contributed by atoms with Gasteiger partial charge in [-0.15, -0.1) is 24.0 Å². The van der Waals surface area contributed by atoms with E-state index >= 15 is 0 Å². The molecular weight excluding hydrogens is 507 g/mol. The van der Waals surface area contributed by atoms with Crippen molar-refractivity contribution in [2.24, 2.45) is 4.99 Å². The molecule has 1 amide bonds. The fraction of sp³-hybridized carbons (Fsp3) is 0.895. The third-order valence-electron chi connectivity index (χ3n) is 5.06. The van der Waals surface area contributed by atoms with E-state index < -0.39 is 9.84 Å². The Kier molecular flexibility index (Phi) is 13.1. The van der Waals surface area contributed by atoms with Gasteiger partial charge in [0.05, 0.1) is 17.6 Å². The number of nitrogens with zero attached hydrogens (tertiary/aromatic N) is 1. The number of sulfone groups is 1. The van der Waals surface area contributed by atoms with Crippen LogP contribution in [-0.2, 0) is 19.4 Å². The zero-order valence-corrected chi connectivity index (χ0v) is 20.6. The van der Waals surface area contributed by atoms with Gasteiger partial charge in [-0.2, -0.15) is 0 Å². The molecule has 3 N–H and O–H groups in total. The second kappa shape index (κ2) is 14.4. The fourth-order valence-corrected chi connectivity index (χ4v) is 5.26. The van der Waals surface area contributed by atoms with Crippen LogP contribution >= 0.6 is 24.0 Å². The lowest BCUT2D eigenvalue weighted by atomic mass is 9.98. The molecule has 2 fully saturated rings. The minimum absolute atomic E-state index is 0. The molecule has 1 saturated heterocycles. The number of carbonyl (C=O) groups excluding carboxylic acids is 1. The maximum absolute atomic E-state index is 12.0. The van der Waals surface area contributed by atoms with Crippen LogP contribution in [0.5, 0.6) is 0 Å². The number of hydrogen-bond donors (Lipinski definition) is 3. The molecule has 29 heavy (non-hydrogen) atoms. The smallest absolute Gasteiger partial charge is 0.222 e.